The van der Waals surface area contributed by atoms with E-state index in [9.17, 15) is 0 Å². The second-order valence-corrected chi connectivity index (χ2v) is 5.74. The average molecular weight is 289 g/mol. The SMILES string of the molecule is CC(Cc1cccs1)NCc1ccccc1C(N)=NO. The molecule has 2 rings (SSSR count). The van der Waals surface area contributed by atoms with Gasteiger partial charge in [0.2, 0.25) is 0 Å². The number of thiophene rings is 1. The molecule has 0 fully saturated rings. The zero-order chi connectivity index (χ0) is 14.4. The number of nitrogens with zero attached hydrogens (tertiary/aromatic N) is 1. The second kappa shape index (κ2) is 7.07. The lowest BCUT2D eigenvalue weighted by Gasteiger charge is -2.14. The quantitative estimate of drug-likeness (QED) is 0.331. The van der Waals surface area contributed by atoms with Crippen molar-refractivity contribution in [2.45, 2.75) is 25.9 Å². The number of hydrogen-bond acceptors (Lipinski definition) is 4. The van der Waals surface area contributed by atoms with Crippen LogP contribution in [-0.2, 0) is 13.0 Å². The number of hydrogen-bond donors (Lipinski definition) is 3. The largest absolute Gasteiger partial charge is 0.409 e. The van der Waals surface area contributed by atoms with E-state index in [1.54, 1.807) is 11.3 Å². The number of nitrogens with one attached hydrogen (secondary N) is 1. The Morgan fingerprint density at radius 2 is 2.15 bits per heavy atom. The van der Waals surface area contributed by atoms with E-state index in [1.807, 2.05) is 24.3 Å². The maximum atomic E-state index is 8.81. The number of rotatable bonds is 6. The monoisotopic (exact) mass is 289 g/mol. The van der Waals surface area contributed by atoms with Gasteiger partial charge >= 0.3 is 0 Å². The van der Waals surface area contributed by atoms with Gasteiger partial charge in [0.05, 0.1) is 0 Å². The van der Waals surface area contributed by atoms with Crippen LogP contribution in [0.1, 0.15) is 22.9 Å². The Morgan fingerprint density at radius 3 is 2.85 bits per heavy atom. The van der Waals surface area contributed by atoms with Crippen LogP contribution in [0.3, 0.4) is 0 Å². The van der Waals surface area contributed by atoms with Crippen LogP contribution in [0.4, 0.5) is 0 Å². The van der Waals surface area contributed by atoms with Crippen LogP contribution in [0.25, 0.3) is 0 Å². The summed E-state index contributed by atoms with van der Waals surface area (Å²) < 4.78 is 0. The highest BCUT2D eigenvalue weighted by molar-refractivity contribution is 7.09. The van der Waals surface area contributed by atoms with Gasteiger partial charge in [0, 0.05) is 23.0 Å². The zero-order valence-electron chi connectivity index (χ0n) is 11.4. The molecule has 1 atom stereocenters. The highest BCUT2D eigenvalue weighted by Crippen LogP contribution is 2.12. The minimum atomic E-state index is 0.147. The fourth-order valence-electron chi connectivity index (χ4n) is 2.07. The Kier molecular flexibility index (Phi) is 5.15. The molecule has 1 heterocycles. The molecular weight excluding hydrogens is 270 g/mol. The van der Waals surface area contributed by atoms with E-state index < -0.39 is 0 Å². The van der Waals surface area contributed by atoms with Crippen molar-refractivity contribution >= 4 is 17.2 Å². The first kappa shape index (κ1) is 14.6. The predicted octanol–water partition coefficient (Wildman–Crippen LogP) is 2.56. The third-order valence-corrected chi connectivity index (χ3v) is 4.03. The summed E-state index contributed by atoms with van der Waals surface area (Å²) >= 11 is 1.77. The first-order chi connectivity index (χ1) is 9.70. The third-order valence-electron chi connectivity index (χ3n) is 3.13. The lowest BCUT2D eigenvalue weighted by atomic mass is 10.1. The molecule has 0 bridgehead atoms. The Morgan fingerprint density at radius 1 is 1.35 bits per heavy atom. The van der Waals surface area contributed by atoms with Crippen LogP contribution in [0.15, 0.2) is 46.9 Å². The number of benzene rings is 1. The molecule has 2 aromatic rings. The van der Waals surface area contributed by atoms with Crippen LogP contribution < -0.4 is 11.1 Å². The lowest BCUT2D eigenvalue weighted by molar-refractivity contribution is 0.318. The van der Waals surface area contributed by atoms with Gasteiger partial charge in [-0.2, -0.15) is 0 Å². The molecule has 5 heteroatoms. The lowest BCUT2D eigenvalue weighted by Crippen LogP contribution is -2.28. The summed E-state index contributed by atoms with van der Waals surface area (Å²) in [5.74, 6) is 0.147. The van der Waals surface area contributed by atoms with Gasteiger partial charge in [-0.1, -0.05) is 35.5 Å². The highest BCUT2D eigenvalue weighted by Gasteiger charge is 2.08. The molecule has 0 amide bonds. The first-order valence-corrected chi connectivity index (χ1v) is 7.40. The summed E-state index contributed by atoms with van der Waals surface area (Å²) in [7, 11) is 0. The normalized spacial score (nSPS) is 13.3. The molecule has 0 aliphatic rings. The van der Waals surface area contributed by atoms with Crippen molar-refractivity contribution in [3.05, 3.63) is 57.8 Å². The van der Waals surface area contributed by atoms with Gasteiger partial charge in [0.15, 0.2) is 5.84 Å². The van der Waals surface area contributed by atoms with Crippen molar-refractivity contribution in [2.75, 3.05) is 0 Å². The Labute approximate surface area is 122 Å². The van der Waals surface area contributed by atoms with Crippen molar-refractivity contribution < 1.29 is 5.21 Å². The minimum Gasteiger partial charge on any atom is -0.409 e. The molecule has 4 nitrogen and oxygen atoms in total. The number of amidine groups is 1. The van der Waals surface area contributed by atoms with E-state index in [0.717, 1.165) is 17.5 Å². The molecule has 106 valence electrons. The van der Waals surface area contributed by atoms with Crippen LogP contribution >= 0.6 is 11.3 Å². The average Bonchev–Trinajstić information content (AvgIpc) is 2.97. The predicted molar refractivity (Wildman–Crippen MR) is 83.3 cm³/mol. The third kappa shape index (κ3) is 3.82. The van der Waals surface area contributed by atoms with E-state index in [2.05, 4.69) is 34.9 Å². The molecule has 0 aliphatic heterocycles. The standard InChI is InChI=1S/C15H19N3OS/c1-11(9-13-6-4-8-20-13)17-10-12-5-2-3-7-14(12)15(16)18-19/h2-8,11,17,19H,9-10H2,1H3,(H2,16,18). The molecule has 20 heavy (non-hydrogen) atoms. The smallest absolute Gasteiger partial charge is 0.170 e. The summed E-state index contributed by atoms with van der Waals surface area (Å²) in [5.41, 5.74) is 7.48. The molecule has 4 N–H and O–H groups in total. The van der Waals surface area contributed by atoms with Crippen LogP contribution in [0.5, 0.6) is 0 Å². The fraction of sp³-hybridized carbons (Fsp3) is 0.267. The number of oxime groups is 1. The molecule has 0 radical (unpaired) electrons. The van der Waals surface area contributed by atoms with Crippen molar-refractivity contribution in [3.8, 4) is 0 Å². The molecule has 1 aromatic heterocycles. The van der Waals surface area contributed by atoms with E-state index >= 15 is 0 Å². The van der Waals surface area contributed by atoms with Crippen LogP contribution in [0.2, 0.25) is 0 Å². The molecular formula is C15H19N3OS. The summed E-state index contributed by atoms with van der Waals surface area (Å²) in [6.07, 6.45) is 1.00. The molecule has 0 aliphatic carbocycles. The molecule has 0 saturated carbocycles. The Bertz CT molecular complexity index is 566. The van der Waals surface area contributed by atoms with E-state index in [1.165, 1.54) is 4.88 Å². The van der Waals surface area contributed by atoms with Crippen molar-refractivity contribution in [2.24, 2.45) is 10.9 Å². The Balaban J connectivity index is 1.97. The molecule has 1 aromatic carbocycles. The minimum absolute atomic E-state index is 0.147. The fourth-order valence-corrected chi connectivity index (χ4v) is 2.90. The summed E-state index contributed by atoms with van der Waals surface area (Å²) in [6.45, 7) is 2.85. The topological polar surface area (TPSA) is 70.6 Å². The van der Waals surface area contributed by atoms with E-state index in [0.29, 0.717) is 12.6 Å². The van der Waals surface area contributed by atoms with Gasteiger partial charge in [-0.25, -0.2) is 0 Å². The molecule has 0 spiro atoms. The van der Waals surface area contributed by atoms with Gasteiger partial charge in [-0.05, 0) is 30.4 Å². The van der Waals surface area contributed by atoms with E-state index in [4.69, 9.17) is 10.9 Å². The summed E-state index contributed by atoms with van der Waals surface area (Å²) in [6, 6.07) is 12.3. The highest BCUT2D eigenvalue weighted by atomic mass is 32.1. The van der Waals surface area contributed by atoms with Crippen LogP contribution in [-0.4, -0.2) is 17.1 Å². The van der Waals surface area contributed by atoms with Gasteiger partial charge in [-0.3, -0.25) is 0 Å². The Hall–Kier alpha value is -1.85. The zero-order valence-corrected chi connectivity index (χ0v) is 12.2. The first-order valence-electron chi connectivity index (χ1n) is 6.52. The van der Waals surface area contributed by atoms with Crippen molar-refractivity contribution in [3.63, 3.8) is 0 Å². The van der Waals surface area contributed by atoms with Gasteiger partial charge < -0.3 is 16.3 Å². The maximum Gasteiger partial charge on any atom is 0.170 e. The van der Waals surface area contributed by atoms with E-state index in [-0.39, 0.29) is 5.84 Å². The van der Waals surface area contributed by atoms with Crippen LogP contribution in [0, 0.1) is 0 Å². The van der Waals surface area contributed by atoms with Gasteiger partial charge in [0.1, 0.15) is 0 Å². The van der Waals surface area contributed by atoms with Crippen molar-refractivity contribution in [1.82, 2.24) is 5.32 Å². The second-order valence-electron chi connectivity index (χ2n) is 4.71. The van der Waals surface area contributed by atoms with Gasteiger partial charge in [-0.15, -0.1) is 11.3 Å². The van der Waals surface area contributed by atoms with Crippen molar-refractivity contribution in [1.29, 1.82) is 0 Å². The summed E-state index contributed by atoms with van der Waals surface area (Å²) in [5, 5.41) is 17.4. The van der Waals surface area contributed by atoms with Gasteiger partial charge in [0.25, 0.3) is 0 Å². The molecule has 0 saturated heterocycles. The maximum absolute atomic E-state index is 8.81. The number of nitrogens with two attached hydrogens (primary N) is 1. The summed E-state index contributed by atoms with van der Waals surface area (Å²) in [4.78, 5) is 1.37. The molecule has 1 unspecified atom stereocenters.